The quantitative estimate of drug-likeness (QED) is 0.513. The van der Waals surface area contributed by atoms with Gasteiger partial charge in [-0.05, 0) is 74.2 Å². The van der Waals surface area contributed by atoms with Crippen molar-refractivity contribution in [1.82, 2.24) is 0 Å². The van der Waals surface area contributed by atoms with E-state index in [2.05, 4.69) is 13.8 Å². The van der Waals surface area contributed by atoms with Crippen molar-refractivity contribution in [2.75, 3.05) is 0 Å². The van der Waals surface area contributed by atoms with Crippen LogP contribution >= 0.6 is 0 Å². The van der Waals surface area contributed by atoms with Crippen LogP contribution in [0.15, 0.2) is 11.6 Å². The van der Waals surface area contributed by atoms with Gasteiger partial charge in [-0.1, -0.05) is 19.4 Å². The van der Waals surface area contributed by atoms with Crippen LogP contribution in [0, 0.1) is 28.6 Å². The number of carbonyl (C=O) groups excluding carboxylic acids is 2. The maximum Gasteiger partial charge on any atom is 0.306 e. The second-order valence-corrected chi connectivity index (χ2v) is 12.2. The normalized spacial score (nSPS) is 49.3. The molecule has 7 heteroatoms. The van der Waals surface area contributed by atoms with Crippen LogP contribution in [0.5, 0.6) is 0 Å². The molecule has 0 unspecified atom stereocenters. The van der Waals surface area contributed by atoms with Crippen molar-refractivity contribution in [2.45, 2.75) is 82.5 Å². The Kier molecular flexibility index (Phi) is 4.04. The number of carbonyl (C=O) groups is 2. The van der Waals surface area contributed by atoms with E-state index in [-0.39, 0.29) is 46.8 Å². The molecule has 0 aromatic carbocycles. The zero-order valence-corrected chi connectivity index (χ0v) is 18.0. The average molecular weight is 423 g/mol. The second-order valence-electron chi connectivity index (χ2n) is 10.6. The van der Waals surface area contributed by atoms with Crippen LogP contribution in [0.25, 0.3) is 0 Å². The van der Waals surface area contributed by atoms with Crippen molar-refractivity contribution in [3.05, 3.63) is 11.6 Å². The van der Waals surface area contributed by atoms with E-state index in [1.54, 1.807) is 6.08 Å². The Morgan fingerprint density at radius 2 is 1.76 bits per heavy atom. The predicted octanol–water partition coefficient (Wildman–Crippen LogP) is 3.46. The van der Waals surface area contributed by atoms with Crippen molar-refractivity contribution in [3.63, 3.8) is 0 Å². The van der Waals surface area contributed by atoms with Crippen molar-refractivity contribution >= 4 is 21.9 Å². The van der Waals surface area contributed by atoms with E-state index in [9.17, 15) is 22.6 Å². The molecule has 6 nitrogen and oxygen atoms in total. The third kappa shape index (κ3) is 2.52. The average Bonchev–Trinajstić information content (AvgIpc) is 3.15. The van der Waals surface area contributed by atoms with E-state index < -0.39 is 21.0 Å². The summed E-state index contributed by atoms with van der Waals surface area (Å²) in [5.74, 6) is -0.0454. The minimum atomic E-state index is -4.26. The van der Waals surface area contributed by atoms with Crippen LogP contribution in [0.3, 0.4) is 0 Å². The monoisotopic (exact) mass is 422 g/mol. The third-order valence-electron chi connectivity index (χ3n) is 9.68. The summed E-state index contributed by atoms with van der Waals surface area (Å²) in [5.41, 5.74) is -0.0290. The molecule has 160 valence electrons. The zero-order valence-electron chi connectivity index (χ0n) is 17.1. The van der Waals surface area contributed by atoms with Crippen LogP contribution in [0.2, 0.25) is 0 Å². The highest BCUT2D eigenvalue weighted by molar-refractivity contribution is 7.86. The smallest absolute Gasteiger partial charge is 0.306 e. The van der Waals surface area contributed by atoms with E-state index in [4.69, 9.17) is 4.74 Å². The molecule has 4 fully saturated rings. The standard InChI is InChI=1S/C22H30O6S/c1-20-7-3-14(23)11-13(20)12-17(29(25,26)27)19-15(20)4-8-21(2)16(19)5-9-22(21)10-6-18(24)28-22/h11,15-17,19H,3-10,12H2,1-2H3,(H,25,26,27)/t15-,16-,17+,19+,20-,21-,22+/m0/s1. The minimum Gasteiger partial charge on any atom is -0.458 e. The first kappa shape index (κ1) is 19.7. The highest BCUT2D eigenvalue weighted by Crippen LogP contribution is 2.70. The molecule has 5 aliphatic rings. The SMILES string of the molecule is C[C@]12CCC(=O)C=C1C[C@@H](S(=O)(=O)O)[C@@H]1[C@@H]2CC[C@@]2(C)[C@H]1CC[C@@]21CCC(=O)O1. The van der Waals surface area contributed by atoms with E-state index >= 15 is 0 Å². The van der Waals surface area contributed by atoms with Crippen LogP contribution in [0.1, 0.15) is 71.6 Å². The van der Waals surface area contributed by atoms with Crippen molar-refractivity contribution in [2.24, 2.45) is 28.6 Å². The fourth-order valence-electron chi connectivity index (χ4n) is 8.10. The van der Waals surface area contributed by atoms with E-state index in [1.165, 1.54) is 0 Å². The van der Waals surface area contributed by atoms with Gasteiger partial charge in [0.25, 0.3) is 10.1 Å². The van der Waals surface area contributed by atoms with Gasteiger partial charge >= 0.3 is 5.97 Å². The highest BCUT2D eigenvalue weighted by atomic mass is 32.2. The largest absolute Gasteiger partial charge is 0.458 e. The summed E-state index contributed by atoms with van der Waals surface area (Å²) in [4.78, 5) is 24.1. The number of ether oxygens (including phenoxy) is 1. The Morgan fingerprint density at radius 1 is 1.03 bits per heavy atom. The molecule has 0 radical (unpaired) electrons. The van der Waals surface area contributed by atoms with Gasteiger partial charge in [0.15, 0.2) is 5.78 Å². The summed E-state index contributed by atoms with van der Waals surface area (Å²) in [6, 6.07) is 0. The summed E-state index contributed by atoms with van der Waals surface area (Å²) in [6.07, 6.45) is 7.62. The van der Waals surface area contributed by atoms with Crippen LogP contribution in [0.4, 0.5) is 0 Å². The summed E-state index contributed by atoms with van der Waals surface area (Å²) < 4.78 is 41.2. The molecule has 3 saturated carbocycles. The fraction of sp³-hybridized carbons (Fsp3) is 0.818. The molecule has 1 spiro atoms. The van der Waals surface area contributed by atoms with Crippen molar-refractivity contribution in [1.29, 1.82) is 0 Å². The molecule has 5 rings (SSSR count). The molecule has 4 aliphatic carbocycles. The fourth-order valence-corrected chi connectivity index (χ4v) is 9.27. The molecule has 0 bridgehead atoms. The first-order chi connectivity index (χ1) is 13.5. The lowest BCUT2D eigenvalue weighted by Crippen LogP contribution is -2.59. The van der Waals surface area contributed by atoms with Gasteiger partial charge in [0.1, 0.15) is 5.60 Å². The number of allylic oxidation sites excluding steroid dienone is 1. The maximum atomic E-state index is 12.5. The first-order valence-corrected chi connectivity index (χ1v) is 12.4. The number of rotatable bonds is 1. The van der Waals surface area contributed by atoms with E-state index in [0.717, 1.165) is 37.7 Å². The summed E-state index contributed by atoms with van der Waals surface area (Å²) in [6.45, 7) is 4.37. The van der Waals surface area contributed by atoms with Crippen molar-refractivity contribution in [3.8, 4) is 0 Å². The van der Waals surface area contributed by atoms with Crippen LogP contribution < -0.4 is 0 Å². The van der Waals surface area contributed by atoms with E-state index in [0.29, 0.717) is 19.3 Å². The summed E-state index contributed by atoms with van der Waals surface area (Å²) in [7, 11) is -4.26. The Morgan fingerprint density at radius 3 is 2.41 bits per heavy atom. The lowest BCUT2D eigenvalue weighted by molar-refractivity contribution is -0.167. The van der Waals surface area contributed by atoms with Crippen LogP contribution in [-0.4, -0.2) is 35.6 Å². The first-order valence-electron chi connectivity index (χ1n) is 10.9. The molecule has 1 N–H and O–H groups in total. The molecule has 0 amide bonds. The number of hydrogen-bond acceptors (Lipinski definition) is 5. The number of esters is 1. The molecular weight excluding hydrogens is 392 g/mol. The van der Waals surface area contributed by atoms with Gasteiger partial charge < -0.3 is 4.74 Å². The molecule has 1 saturated heterocycles. The number of ketones is 1. The topological polar surface area (TPSA) is 97.7 Å². The zero-order chi connectivity index (χ0) is 20.8. The molecule has 1 heterocycles. The summed E-state index contributed by atoms with van der Waals surface area (Å²) >= 11 is 0. The van der Waals surface area contributed by atoms with Gasteiger partial charge in [0.05, 0.1) is 5.25 Å². The maximum absolute atomic E-state index is 12.5. The molecule has 1 aliphatic heterocycles. The lowest BCUT2D eigenvalue weighted by Gasteiger charge is -2.60. The van der Waals surface area contributed by atoms with Crippen molar-refractivity contribution < 1.29 is 27.3 Å². The minimum absolute atomic E-state index is 0.0587. The van der Waals surface area contributed by atoms with Gasteiger partial charge in [-0.3, -0.25) is 14.1 Å². The van der Waals surface area contributed by atoms with Gasteiger partial charge in [0.2, 0.25) is 0 Å². The number of fused-ring (bicyclic) bond motifs is 6. The second kappa shape index (κ2) is 5.94. The van der Waals surface area contributed by atoms with Gasteiger partial charge in [-0.25, -0.2) is 0 Å². The Labute approximate surface area is 172 Å². The lowest BCUT2D eigenvalue weighted by atomic mass is 9.46. The molecular formula is C22H30O6S. The Hall–Kier alpha value is -1.21. The molecule has 29 heavy (non-hydrogen) atoms. The summed E-state index contributed by atoms with van der Waals surface area (Å²) in [5, 5.41) is -0.880. The third-order valence-corrected chi connectivity index (χ3v) is 10.9. The Bertz CT molecular complexity index is 922. The predicted molar refractivity (Wildman–Crippen MR) is 105 cm³/mol. The molecule has 0 aromatic heterocycles. The van der Waals surface area contributed by atoms with Gasteiger partial charge in [-0.2, -0.15) is 8.42 Å². The van der Waals surface area contributed by atoms with Gasteiger partial charge in [0, 0.05) is 18.3 Å². The highest BCUT2D eigenvalue weighted by Gasteiger charge is 2.69. The Balaban J connectivity index is 1.61. The van der Waals surface area contributed by atoms with Crippen LogP contribution in [-0.2, 0) is 24.4 Å². The molecule has 0 aromatic rings. The van der Waals surface area contributed by atoms with E-state index in [1.807, 2.05) is 0 Å². The van der Waals surface area contributed by atoms with Gasteiger partial charge in [-0.15, -0.1) is 0 Å². The number of hydrogen-bond donors (Lipinski definition) is 1. The molecule has 7 atom stereocenters.